The molecule has 0 bridgehead atoms. The summed E-state index contributed by atoms with van der Waals surface area (Å²) in [6.07, 6.45) is 0. The SMILES string of the molecule is CN(S(=O)(=O)c1ccc(F)c(Cl)c1)S(=O)(=O)c1ccc(Cl)c([N+](=O)[O-])c1. The lowest BCUT2D eigenvalue weighted by Crippen LogP contribution is -2.33. The van der Waals surface area contributed by atoms with Gasteiger partial charge in [0.15, 0.2) is 0 Å². The van der Waals surface area contributed by atoms with E-state index in [9.17, 15) is 31.3 Å². The average Bonchev–Trinajstić information content (AvgIpc) is 2.56. The molecule has 140 valence electrons. The van der Waals surface area contributed by atoms with Crippen molar-refractivity contribution < 1.29 is 26.1 Å². The molecular formula is C13H9Cl2FN2O6S2. The highest BCUT2D eigenvalue weighted by atomic mass is 35.5. The van der Waals surface area contributed by atoms with Gasteiger partial charge in [0, 0.05) is 13.1 Å². The molecule has 2 aromatic rings. The van der Waals surface area contributed by atoms with Gasteiger partial charge in [-0.25, -0.2) is 21.2 Å². The Morgan fingerprint density at radius 3 is 1.96 bits per heavy atom. The Bertz CT molecular complexity index is 1110. The van der Waals surface area contributed by atoms with Gasteiger partial charge in [-0.15, -0.1) is 0 Å². The number of benzene rings is 2. The molecular weight excluding hydrogens is 434 g/mol. The second-order valence-electron chi connectivity index (χ2n) is 4.84. The average molecular weight is 443 g/mol. The first-order chi connectivity index (χ1) is 11.9. The minimum atomic E-state index is -4.70. The van der Waals surface area contributed by atoms with Crippen molar-refractivity contribution in [2.75, 3.05) is 7.05 Å². The standard InChI is InChI=1S/C13H9Cl2FN2O6S2/c1-17(25(21,22)8-3-5-12(16)11(15)6-8)26(23,24)9-2-4-10(14)13(7-9)18(19)20/h2-7H,1H3. The fourth-order valence-corrected chi connectivity index (χ4v) is 5.44. The highest BCUT2D eigenvalue weighted by molar-refractivity contribution is 8.04. The van der Waals surface area contributed by atoms with Gasteiger partial charge in [0.2, 0.25) is 0 Å². The number of halogens is 3. The van der Waals surface area contributed by atoms with Crippen LogP contribution in [0.3, 0.4) is 0 Å². The predicted molar refractivity (Wildman–Crippen MR) is 91.7 cm³/mol. The van der Waals surface area contributed by atoms with Crippen molar-refractivity contribution in [2.45, 2.75) is 9.79 Å². The number of hydrogen-bond donors (Lipinski definition) is 0. The molecule has 0 heterocycles. The fourth-order valence-electron chi connectivity index (χ4n) is 1.86. The Balaban J connectivity index is 2.56. The normalized spacial score (nSPS) is 12.3. The van der Waals surface area contributed by atoms with E-state index >= 15 is 0 Å². The molecule has 13 heteroatoms. The topological polar surface area (TPSA) is 115 Å². The Hall–Kier alpha value is -1.79. The number of rotatable bonds is 5. The molecule has 0 atom stereocenters. The fraction of sp³-hybridized carbons (Fsp3) is 0.0769. The maximum atomic E-state index is 13.2. The first-order valence-electron chi connectivity index (χ1n) is 6.52. The highest BCUT2D eigenvalue weighted by Gasteiger charge is 2.34. The van der Waals surface area contributed by atoms with Gasteiger partial charge >= 0.3 is 0 Å². The third kappa shape index (κ3) is 3.67. The first-order valence-corrected chi connectivity index (χ1v) is 10.2. The minimum Gasteiger partial charge on any atom is -0.258 e. The molecule has 0 radical (unpaired) electrons. The molecule has 0 aromatic heterocycles. The van der Waals surface area contributed by atoms with Gasteiger partial charge in [-0.2, -0.15) is 0 Å². The van der Waals surface area contributed by atoms with Gasteiger partial charge in [-0.1, -0.05) is 26.9 Å². The van der Waals surface area contributed by atoms with Crippen molar-refractivity contribution in [3.8, 4) is 0 Å². The van der Waals surface area contributed by atoms with Gasteiger partial charge in [-0.05, 0) is 30.3 Å². The number of nitro benzene ring substituents is 1. The van der Waals surface area contributed by atoms with E-state index in [1.807, 2.05) is 0 Å². The smallest absolute Gasteiger partial charge is 0.258 e. The Kier molecular flexibility index (Phi) is 5.59. The summed E-state index contributed by atoms with van der Waals surface area (Å²) in [6, 6.07) is 4.88. The Morgan fingerprint density at radius 1 is 0.962 bits per heavy atom. The van der Waals surface area contributed by atoms with E-state index in [4.69, 9.17) is 23.2 Å². The van der Waals surface area contributed by atoms with E-state index in [0.717, 1.165) is 37.4 Å². The predicted octanol–water partition coefficient (Wildman–Crippen LogP) is 3.05. The molecule has 26 heavy (non-hydrogen) atoms. The third-order valence-corrected chi connectivity index (χ3v) is 8.12. The van der Waals surface area contributed by atoms with Gasteiger partial charge in [0.05, 0.1) is 19.7 Å². The minimum absolute atomic E-state index is 0.0104. The Labute approximate surface area is 158 Å². The second kappa shape index (κ2) is 7.08. The summed E-state index contributed by atoms with van der Waals surface area (Å²) >= 11 is 11.2. The monoisotopic (exact) mass is 442 g/mol. The van der Waals surface area contributed by atoms with Crippen LogP contribution in [0, 0.1) is 15.9 Å². The van der Waals surface area contributed by atoms with Crippen molar-refractivity contribution in [3.63, 3.8) is 0 Å². The largest absolute Gasteiger partial charge is 0.289 e. The maximum Gasteiger partial charge on any atom is 0.289 e. The van der Waals surface area contributed by atoms with Crippen molar-refractivity contribution in [1.29, 1.82) is 0 Å². The molecule has 0 N–H and O–H groups in total. The summed E-state index contributed by atoms with van der Waals surface area (Å²) < 4.78 is 63.4. The van der Waals surface area contributed by atoms with Crippen LogP contribution in [0.4, 0.5) is 10.1 Å². The van der Waals surface area contributed by atoms with E-state index in [2.05, 4.69) is 0 Å². The van der Waals surface area contributed by atoms with Crippen molar-refractivity contribution in [3.05, 3.63) is 62.4 Å². The van der Waals surface area contributed by atoms with Crippen LogP contribution in [-0.4, -0.2) is 32.5 Å². The third-order valence-electron chi connectivity index (χ3n) is 3.28. The van der Waals surface area contributed by atoms with E-state index in [1.54, 1.807) is 0 Å². The first kappa shape index (κ1) is 20.5. The number of nitro groups is 1. The summed E-state index contributed by atoms with van der Waals surface area (Å²) in [6.45, 7) is 0. The van der Waals surface area contributed by atoms with Crippen molar-refractivity contribution in [1.82, 2.24) is 3.71 Å². The summed E-state index contributed by atoms with van der Waals surface area (Å²) in [7, 11) is -8.59. The van der Waals surface area contributed by atoms with Crippen LogP contribution in [-0.2, 0) is 20.0 Å². The zero-order valence-electron chi connectivity index (χ0n) is 12.8. The molecule has 0 saturated heterocycles. The van der Waals surface area contributed by atoms with Gasteiger partial charge < -0.3 is 0 Å². The quantitative estimate of drug-likeness (QED) is 0.518. The molecule has 0 saturated carbocycles. The van der Waals surface area contributed by atoms with E-state index in [1.165, 1.54) is 0 Å². The Morgan fingerprint density at radius 2 is 1.46 bits per heavy atom. The number of sulfonamides is 2. The second-order valence-corrected chi connectivity index (χ2v) is 9.82. The summed E-state index contributed by atoms with van der Waals surface area (Å²) in [5.74, 6) is -0.885. The lowest BCUT2D eigenvalue weighted by atomic mass is 10.3. The van der Waals surface area contributed by atoms with E-state index in [0.29, 0.717) is 6.07 Å². The highest BCUT2D eigenvalue weighted by Crippen LogP contribution is 2.30. The van der Waals surface area contributed by atoms with Crippen LogP contribution in [0.2, 0.25) is 10.0 Å². The van der Waals surface area contributed by atoms with Crippen LogP contribution >= 0.6 is 23.2 Å². The summed E-state index contributed by atoms with van der Waals surface area (Å²) in [4.78, 5) is 8.77. The van der Waals surface area contributed by atoms with Gasteiger partial charge in [0.25, 0.3) is 25.7 Å². The molecule has 2 aromatic carbocycles. The van der Waals surface area contributed by atoms with Crippen molar-refractivity contribution in [2.24, 2.45) is 0 Å². The molecule has 0 unspecified atom stereocenters. The van der Waals surface area contributed by atoms with Crippen LogP contribution in [0.15, 0.2) is 46.2 Å². The van der Waals surface area contributed by atoms with Crippen LogP contribution in [0.25, 0.3) is 0 Å². The molecule has 0 aliphatic rings. The van der Waals surface area contributed by atoms with Crippen LogP contribution in [0.5, 0.6) is 0 Å². The number of hydrogen-bond acceptors (Lipinski definition) is 6. The molecule has 0 spiro atoms. The zero-order valence-corrected chi connectivity index (χ0v) is 15.9. The molecule has 2 rings (SSSR count). The maximum absolute atomic E-state index is 13.2. The molecule has 0 amide bonds. The van der Waals surface area contributed by atoms with E-state index < -0.39 is 51.3 Å². The van der Waals surface area contributed by atoms with Crippen LogP contribution < -0.4 is 0 Å². The molecule has 0 aliphatic heterocycles. The lowest BCUT2D eigenvalue weighted by Gasteiger charge is -2.17. The van der Waals surface area contributed by atoms with Crippen LogP contribution in [0.1, 0.15) is 0 Å². The zero-order chi connectivity index (χ0) is 19.9. The molecule has 8 nitrogen and oxygen atoms in total. The van der Waals surface area contributed by atoms with Crippen molar-refractivity contribution >= 4 is 48.9 Å². The summed E-state index contributed by atoms with van der Waals surface area (Å²) in [5.41, 5.74) is -0.705. The molecule has 0 fully saturated rings. The summed E-state index contributed by atoms with van der Waals surface area (Å²) in [5, 5.41) is 10.1. The van der Waals surface area contributed by atoms with Gasteiger partial charge in [-0.3, -0.25) is 10.1 Å². The van der Waals surface area contributed by atoms with E-state index in [-0.39, 0.29) is 8.73 Å². The van der Waals surface area contributed by atoms with Gasteiger partial charge in [0.1, 0.15) is 10.8 Å². The lowest BCUT2D eigenvalue weighted by molar-refractivity contribution is -0.384. The number of nitrogens with zero attached hydrogens (tertiary/aromatic N) is 2. The molecule has 0 aliphatic carbocycles.